The second-order valence-corrected chi connectivity index (χ2v) is 7.18. The van der Waals surface area contributed by atoms with Crippen LogP contribution in [-0.2, 0) is 6.61 Å². The first-order valence-electron chi connectivity index (χ1n) is 10.1. The van der Waals surface area contributed by atoms with Gasteiger partial charge in [0.15, 0.2) is 11.2 Å². The molecule has 0 saturated heterocycles. The Morgan fingerprint density at radius 3 is 2.66 bits per heavy atom. The lowest BCUT2D eigenvalue weighted by atomic mass is 10.1. The van der Waals surface area contributed by atoms with Crippen LogP contribution in [0.1, 0.15) is 15.9 Å². The molecule has 5 aromatic rings. The number of anilines is 1. The van der Waals surface area contributed by atoms with Crippen molar-refractivity contribution in [2.24, 2.45) is 0 Å². The van der Waals surface area contributed by atoms with E-state index in [9.17, 15) is 4.79 Å². The summed E-state index contributed by atoms with van der Waals surface area (Å²) in [5, 5.41) is 2.92. The van der Waals surface area contributed by atoms with Gasteiger partial charge in [0.2, 0.25) is 5.89 Å². The zero-order valence-electron chi connectivity index (χ0n) is 17.1. The van der Waals surface area contributed by atoms with Gasteiger partial charge in [-0.2, -0.15) is 4.98 Å². The molecule has 2 heterocycles. The minimum Gasteiger partial charge on any atom is -0.489 e. The van der Waals surface area contributed by atoms with Crippen LogP contribution in [0.3, 0.4) is 0 Å². The minimum atomic E-state index is -0.230. The number of oxazole rings is 1. The van der Waals surface area contributed by atoms with Crippen LogP contribution in [0.25, 0.3) is 22.7 Å². The summed E-state index contributed by atoms with van der Waals surface area (Å²) in [6.45, 7) is 0.438. The summed E-state index contributed by atoms with van der Waals surface area (Å²) in [7, 11) is 0. The van der Waals surface area contributed by atoms with E-state index in [1.165, 1.54) is 0 Å². The third kappa shape index (κ3) is 4.34. The molecule has 0 bridgehead atoms. The van der Waals surface area contributed by atoms with Crippen LogP contribution in [0.5, 0.6) is 5.75 Å². The molecule has 0 radical (unpaired) electrons. The Morgan fingerprint density at radius 2 is 1.78 bits per heavy atom. The summed E-state index contributed by atoms with van der Waals surface area (Å²) >= 11 is 0. The third-order valence-corrected chi connectivity index (χ3v) is 4.88. The molecular formula is C26H19N3O3. The second kappa shape index (κ2) is 8.73. The third-order valence-electron chi connectivity index (χ3n) is 4.88. The summed E-state index contributed by atoms with van der Waals surface area (Å²) in [5.74, 6) is 0.854. The lowest BCUT2D eigenvalue weighted by Crippen LogP contribution is -2.12. The average Bonchev–Trinajstić information content (AvgIpc) is 3.28. The van der Waals surface area contributed by atoms with Gasteiger partial charge < -0.3 is 14.5 Å². The van der Waals surface area contributed by atoms with Crippen LogP contribution < -0.4 is 10.1 Å². The lowest BCUT2D eigenvalue weighted by molar-refractivity contribution is 0.102. The van der Waals surface area contributed by atoms with Gasteiger partial charge in [0.1, 0.15) is 12.4 Å². The molecule has 0 spiro atoms. The Labute approximate surface area is 184 Å². The van der Waals surface area contributed by atoms with E-state index in [4.69, 9.17) is 9.15 Å². The molecule has 0 aliphatic rings. The van der Waals surface area contributed by atoms with Crippen LogP contribution >= 0.6 is 0 Å². The van der Waals surface area contributed by atoms with Gasteiger partial charge in [-0.1, -0.05) is 42.5 Å². The first kappa shape index (κ1) is 19.5. The smallest absolute Gasteiger partial charge is 0.255 e. The summed E-state index contributed by atoms with van der Waals surface area (Å²) in [5.41, 5.74) is 4.12. The van der Waals surface area contributed by atoms with E-state index >= 15 is 0 Å². The molecule has 6 nitrogen and oxygen atoms in total. The molecule has 6 heteroatoms. The van der Waals surface area contributed by atoms with Gasteiger partial charge in [0.25, 0.3) is 5.91 Å². The van der Waals surface area contributed by atoms with Gasteiger partial charge in [-0.3, -0.25) is 4.79 Å². The number of nitrogens with zero attached hydrogens (tertiary/aromatic N) is 2. The molecule has 0 unspecified atom stereocenters. The van der Waals surface area contributed by atoms with E-state index < -0.39 is 0 Å². The number of rotatable bonds is 6. The maximum absolute atomic E-state index is 12.8. The van der Waals surface area contributed by atoms with Crippen molar-refractivity contribution in [2.45, 2.75) is 6.61 Å². The number of aromatic nitrogens is 2. The lowest BCUT2D eigenvalue weighted by Gasteiger charge is -2.09. The van der Waals surface area contributed by atoms with Gasteiger partial charge >= 0.3 is 0 Å². The van der Waals surface area contributed by atoms with Gasteiger partial charge in [0, 0.05) is 23.0 Å². The van der Waals surface area contributed by atoms with Crippen LogP contribution in [0.4, 0.5) is 5.69 Å². The molecule has 0 atom stereocenters. The normalized spacial score (nSPS) is 10.8. The summed E-state index contributed by atoms with van der Waals surface area (Å²) in [4.78, 5) is 21.4. The Bertz CT molecular complexity index is 1350. The van der Waals surface area contributed by atoms with Crippen molar-refractivity contribution in [1.29, 1.82) is 0 Å². The molecule has 5 rings (SSSR count). The van der Waals surface area contributed by atoms with Crippen molar-refractivity contribution in [2.75, 3.05) is 5.32 Å². The molecule has 0 aliphatic carbocycles. The zero-order valence-corrected chi connectivity index (χ0v) is 17.1. The van der Waals surface area contributed by atoms with Crippen LogP contribution in [-0.4, -0.2) is 15.9 Å². The number of ether oxygens (including phenoxy) is 1. The van der Waals surface area contributed by atoms with Gasteiger partial charge in [-0.25, -0.2) is 4.98 Å². The fourth-order valence-corrected chi connectivity index (χ4v) is 3.29. The van der Waals surface area contributed by atoms with Gasteiger partial charge in [0.05, 0.1) is 0 Å². The molecule has 0 aliphatic heterocycles. The van der Waals surface area contributed by atoms with Crippen LogP contribution in [0.2, 0.25) is 0 Å². The quantitative estimate of drug-likeness (QED) is 0.379. The molecule has 0 saturated carbocycles. The number of hydrogen-bond acceptors (Lipinski definition) is 5. The molecular weight excluding hydrogens is 402 g/mol. The van der Waals surface area contributed by atoms with Crippen molar-refractivity contribution < 1.29 is 13.9 Å². The highest BCUT2D eigenvalue weighted by Crippen LogP contribution is 2.25. The number of fused-ring (bicyclic) bond motifs is 1. The Morgan fingerprint density at radius 1 is 0.906 bits per heavy atom. The van der Waals surface area contributed by atoms with E-state index in [1.807, 2.05) is 66.7 Å². The van der Waals surface area contributed by atoms with Crippen molar-refractivity contribution in [3.63, 3.8) is 0 Å². The zero-order chi connectivity index (χ0) is 21.8. The van der Waals surface area contributed by atoms with E-state index in [-0.39, 0.29) is 5.91 Å². The summed E-state index contributed by atoms with van der Waals surface area (Å²) in [6.07, 6.45) is 1.67. The first-order chi connectivity index (χ1) is 15.7. The largest absolute Gasteiger partial charge is 0.489 e. The van der Waals surface area contributed by atoms with Gasteiger partial charge in [-0.05, 0) is 54.1 Å². The Balaban J connectivity index is 1.30. The molecule has 32 heavy (non-hydrogen) atoms. The van der Waals surface area contributed by atoms with E-state index in [0.29, 0.717) is 40.7 Å². The van der Waals surface area contributed by atoms with Crippen molar-refractivity contribution in [1.82, 2.24) is 9.97 Å². The van der Waals surface area contributed by atoms with Crippen LogP contribution in [0.15, 0.2) is 102 Å². The van der Waals surface area contributed by atoms with Crippen LogP contribution in [0, 0.1) is 0 Å². The van der Waals surface area contributed by atoms with Crippen molar-refractivity contribution >= 4 is 22.8 Å². The number of nitrogens with one attached hydrogen (secondary N) is 1. The second-order valence-electron chi connectivity index (χ2n) is 7.18. The molecule has 1 amide bonds. The molecule has 0 fully saturated rings. The minimum absolute atomic E-state index is 0.230. The fourth-order valence-electron chi connectivity index (χ4n) is 3.29. The topological polar surface area (TPSA) is 77.3 Å². The van der Waals surface area contributed by atoms with E-state index in [2.05, 4.69) is 15.3 Å². The summed E-state index contributed by atoms with van der Waals surface area (Å²) in [6, 6.07) is 28.0. The fraction of sp³-hybridized carbons (Fsp3) is 0.0385. The highest BCUT2D eigenvalue weighted by Gasteiger charge is 2.11. The van der Waals surface area contributed by atoms with Crippen molar-refractivity contribution in [3.8, 4) is 17.2 Å². The number of benzene rings is 3. The monoisotopic (exact) mass is 421 g/mol. The molecule has 1 N–H and O–H groups in total. The SMILES string of the molecule is O=C(Nc1cccc(-c2nc3ncccc3o2)c1)c1cccc(OCc2ccccc2)c1. The highest BCUT2D eigenvalue weighted by atomic mass is 16.5. The number of amides is 1. The summed E-state index contributed by atoms with van der Waals surface area (Å²) < 4.78 is 11.6. The number of carbonyl (C=O) groups excluding carboxylic acids is 1. The Kier molecular flexibility index (Phi) is 5.32. The van der Waals surface area contributed by atoms with Gasteiger partial charge in [-0.15, -0.1) is 0 Å². The standard InChI is InChI=1S/C26H19N3O3/c30-25(19-9-5-12-22(16-19)31-17-18-7-2-1-3-8-18)28-21-11-4-10-20(15-21)26-29-24-23(32-26)13-6-14-27-24/h1-16H,17H2,(H,28,30). The maximum Gasteiger partial charge on any atom is 0.255 e. The predicted octanol–water partition coefficient (Wildman–Crippen LogP) is 5.72. The number of carbonyl (C=O) groups is 1. The molecule has 2 aromatic heterocycles. The number of hydrogen-bond donors (Lipinski definition) is 1. The van der Waals surface area contributed by atoms with E-state index in [1.54, 1.807) is 30.5 Å². The molecule has 156 valence electrons. The van der Waals surface area contributed by atoms with E-state index in [0.717, 1.165) is 11.1 Å². The maximum atomic E-state index is 12.8. The average molecular weight is 421 g/mol. The Hall–Kier alpha value is -4.45. The number of pyridine rings is 1. The highest BCUT2D eigenvalue weighted by molar-refractivity contribution is 6.04. The molecule has 3 aromatic carbocycles. The van der Waals surface area contributed by atoms with Crippen molar-refractivity contribution in [3.05, 3.63) is 108 Å². The first-order valence-corrected chi connectivity index (χ1v) is 10.1. The predicted molar refractivity (Wildman–Crippen MR) is 122 cm³/mol.